The number of nitrogens with two attached hydrogens (primary N) is 1. The summed E-state index contributed by atoms with van der Waals surface area (Å²) in [7, 11) is 0. The summed E-state index contributed by atoms with van der Waals surface area (Å²) < 4.78 is 10.4. The van der Waals surface area contributed by atoms with Gasteiger partial charge in [0.2, 0.25) is 0 Å². The lowest BCUT2D eigenvalue weighted by Gasteiger charge is -2.08. The van der Waals surface area contributed by atoms with Gasteiger partial charge in [0, 0.05) is 5.75 Å². The minimum absolute atomic E-state index is 0.235. The predicted octanol–water partition coefficient (Wildman–Crippen LogP) is 2.33. The number of hydrogen-bond acceptors (Lipinski definition) is 5. The Balaban J connectivity index is 2.14. The maximum absolute atomic E-state index is 11.3. The van der Waals surface area contributed by atoms with E-state index in [1.807, 2.05) is 12.1 Å². The number of hydrogen-bond donors (Lipinski definition) is 1. The maximum atomic E-state index is 11.3. The highest BCUT2D eigenvalue weighted by atomic mass is 32.2. The lowest BCUT2D eigenvalue weighted by molar-refractivity contribution is -0.143. The molecule has 0 spiro atoms. The number of rotatable bonds is 8. The SMILES string of the molecule is CCSCCOC(=O)CCOc1ccccc1N. The van der Waals surface area contributed by atoms with Crippen molar-refractivity contribution < 1.29 is 14.3 Å². The lowest BCUT2D eigenvalue weighted by atomic mass is 10.3. The number of thioether (sulfide) groups is 1. The molecule has 0 saturated heterocycles. The van der Waals surface area contributed by atoms with Crippen molar-refractivity contribution in [3.63, 3.8) is 0 Å². The van der Waals surface area contributed by atoms with E-state index in [0.717, 1.165) is 11.5 Å². The smallest absolute Gasteiger partial charge is 0.309 e. The van der Waals surface area contributed by atoms with Crippen LogP contribution in [0.15, 0.2) is 24.3 Å². The number of carbonyl (C=O) groups is 1. The quantitative estimate of drug-likeness (QED) is 0.446. The summed E-state index contributed by atoms with van der Waals surface area (Å²) in [6, 6.07) is 7.21. The molecule has 0 atom stereocenters. The van der Waals surface area contributed by atoms with Crippen molar-refractivity contribution in [1.82, 2.24) is 0 Å². The van der Waals surface area contributed by atoms with Crippen LogP contribution >= 0.6 is 11.8 Å². The van der Waals surface area contributed by atoms with Crippen molar-refractivity contribution in [2.24, 2.45) is 0 Å². The highest BCUT2D eigenvalue weighted by Crippen LogP contribution is 2.19. The zero-order chi connectivity index (χ0) is 13.2. The Bertz CT molecular complexity index is 371. The number of anilines is 1. The molecule has 2 N–H and O–H groups in total. The Hall–Kier alpha value is -1.36. The van der Waals surface area contributed by atoms with Crippen LogP contribution in [0.25, 0.3) is 0 Å². The van der Waals surface area contributed by atoms with Crippen LogP contribution in [0.5, 0.6) is 5.75 Å². The monoisotopic (exact) mass is 269 g/mol. The molecule has 0 aliphatic heterocycles. The van der Waals surface area contributed by atoms with E-state index in [9.17, 15) is 4.79 Å². The fourth-order valence-electron chi connectivity index (χ4n) is 1.29. The van der Waals surface area contributed by atoms with E-state index in [1.54, 1.807) is 23.9 Å². The number of benzene rings is 1. The van der Waals surface area contributed by atoms with Gasteiger partial charge in [-0.3, -0.25) is 4.79 Å². The van der Waals surface area contributed by atoms with Crippen LogP contribution in [-0.4, -0.2) is 30.7 Å². The summed E-state index contributed by atoms with van der Waals surface area (Å²) >= 11 is 1.75. The second-order valence-electron chi connectivity index (χ2n) is 3.55. The van der Waals surface area contributed by atoms with Crippen LogP contribution < -0.4 is 10.5 Å². The molecule has 0 radical (unpaired) electrons. The summed E-state index contributed by atoms with van der Waals surface area (Å²) in [6.45, 7) is 2.82. The van der Waals surface area contributed by atoms with Crippen molar-refractivity contribution >= 4 is 23.4 Å². The molecule has 1 aromatic rings. The van der Waals surface area contributed by atoms with Crippen LogP contribution in [0.4, 0.5) is 5.69 Å². The number of para-hydroxylation sites is 2. The molecular weight excluding hydrogens is 250 g/mol. The average Bonchev–Trinajstić information content (AvgIpc) is 2.37. The van der Waals surface area contributed by atoms with Crippen LogP contribution in [-0.2, 0) is 9.53 Å². The maximum Gasteiger partial charge on any atom is 0.309 e. The zero-order valence-corrected chi connectivity index (χ0v) is 11.4. The summed E-state index contributed by atoms with van der Waals surface area (Å²) in [5.41, 5.74) is 6.28. The van der Waals surface area contributed by atoms with Crippen LogP contribution in [0, 0.1) is 0 Å². The van der Waals surface area contributed by atoms with Gasteiger partial charge in [0.15, 0.2) is 0 Å². The molecule has 1 rings (SSSR count). The molecule has 0 bridgehead atoms. The molecule has 0 aliphatic carbocycles. The molecule has 5 heteroatoms. The molecule has 0 saturated carbocycles. The molecular formula is C13H19NO3S. The van der Waals surface area contributed by atoms with Gasteiger partial charge in [0.1, 0.15) is 12.4 Å². The molecule has 100 valence electrons. The molecule has 0 aromatic heterocycles. The highest BCUT2D eigenvalue weighted by molar-refractivity contribution is 7.99. The highest BCUT2D eigenvalue weighted by Gasteiger charge is 2.04. The van der Waals surface area contributed by atoms with Gasteiger partial charge in [-0.05, 0) is 17.9 Å². The summed E-state index contributed by atoms with van der Waals surface area (Å²) in [4.78, 5) is 11.3. The second-order valence-corrected chi connectivity index (χ2v) is 4.95. The fraction of sp³-hybridized carbons (Fsp3) is 0.462. The van der Waals surface area contributed by atoms with Gasteiger partial charge >= 0.3 is 5.97 Å². The molecule has 4 nitrogen and oxygen atoms in total. The average molecular weight is 269 g/mol. The molecule has 0 fully saturated rings. The third kappa shape index (κ3) is 5.82. The predicted molar refractivity (Wildman–Crippen MR) is 74.9 cm³/mol. The zero-order valence-electron chi connectivity index (χ0n) is 10.6. The van der Waals surface area contributed by atoms with Gasteiger partial charge in [0.25, 0.3) is 0 Å². The van der Waals surface area contributed by atoms with Gasteiger partial charge in [-0.2, -0.15) is 11.8 Å². The van der Waals surface area contributed by atoms with Gasteiger partial charge in [-0.1, -0.05) is 19.1 Å². The Morgan fingerprint density at radius 2 is 2.11 bits per heavy atom. The first kappa shape index (κ1) is 14.7. The van der Waals surface area contributed by atoms with Crippen molar-refractivity contribution in [3.8, 4) is 5.75 Å². The van der Waals surface area contributed by atoms with Crippen LogP contribution in [0.2, 0.25) is 0 Å². The van der Waals surface area contributed by atoms with E-state index in [2.05, 4.69) is 6.92 Å². The van der Waals surface area contributed by atoms with Gasteiger partial charge < -0.3 is 15.2 Å². The van der Waals surface area contributed by atoms with Crippen molar-refractivity contribution in [2.45, 2.75) is 13.3 Å². The number of ether oxygens (including phenoxy) is 2. The largest absolute Gasteiger partial charge is 0.491 e. The minimum atomic E-state index is -0.235. The third-order valence-corrected chi connectivity index (χ3v) is 3.04. The van der Waals surface area contributed by atoms with E-state index in [1.165, 1.54) is 0 Å². The first-order valence-corrected chi connectivity index (χ1v) is 7.10. The lowest BCUT2D eigenvalue weighted by Crippen LogP contribution is -2.12. The summed E-state index contributed by atoms with van der Waals surface area (Å²) in [5.74, 6) is 2.25. The van der Waals surface area contributed by atoms with Gasteiger partial charge in [0.05, 0.1) is 18.7 Å². The van der Waals surface area contributed by atoms with Gasteiger partial charge in [-0.15, -0.1) is 0 Å². The number of esters is 1. The second kappa shape index (κ2) is 8.69. The first-order chi connectivity index (χ1) is 8.74. The van der Waals surface area contributed by atoms with E-state index in [4.69, 9.17) is 15.2 Å². The van der Waals surface area contributed by atoms with Crippen molar-refractivity contribution in [3.05, 3.63) is 24.3 Å². The Labute approximate surface area is 112 Å². The third-order valence-electron chi connectivity index (χ3n) is 2.18. The first-order valence-electron chi connectivity index (χ1n) is 5.94. The number of carbonyl (C=O) groups excluding carboxylic acids is 1. The van der Waals surface area contributed by atoms with E-state index in [0.29, 0.717) is 18.0 Å². The molecule has 0 unspecified atom stereocenters. The topological polar surface area (TPSA) is 61.5 Å². The number of nitrogen functional groups attached to an aromatic ring is 1. The standard InChI is InChI=1S/C13H19NO3S/c1-2-18-10-9-17-13(15)7-8-16-12-6-4-3-5-11(12)14/h3-6H,2,7-10,14H2,1H3. The van der Waals surface area contributed by atoms with Crippen LogP contribution in [0.3, 0.4) is 0 Å². The van der Waals surface area contributed by atoms with E-state index >= 15 is 0 Å². The molecule has 18 heavy (non-hydrogen) atoms. The Morgan fingerprint density at radius 1 is 1.33 bits per heavy atom. The Morgan fingerprint density at radius 3 is 2.83 bits per heavy atom. The molecule has 0 heterocycles. The normalized spacial score (nSPS) is 10.1. The fourth-order valence-corrected chi connectivity index (χ4v) is 1.78. The van der Waals surface area contributed by atoms with E-state index in [-0.39, 0.29) is 19.0 Å². The minimum Gasteiger partial charge on any atom is -0.491 e. The molecule has 0 amide bonds. The molecule has 1 aromatic carbocycles. The summed E-state index contributed by atoms with van der Waals surface area (Å²) in [6.07, 6.45) is 0.241. The van der Waals surface area contributed by atoms with Crippen LogP contribution in [0.1, 0.15) is 13.3 Å². The van der Waals surface area contributed by atoms with Crippen molar-refractivity contribution in [2.75, 3.05) is 30.5 Å². The van der Waals surface area contributed by atoms with E-state index < -0.39 is 0 Å². The van der Waals surface area contributed by atoms with Crippen molar-refractivity contribution in [1.29, 1.82) is 0 Å². The Kier molecular flexibility index (Phi) is 7.10. The molecule has 0 aliphatic rings. The van der Waals surface area contributed by atoms with Gasteiger partial charge in [-0.25, -0.2) is 0 Å². The summed E-state index contributed by atoms with van der Waals surface area (Å²) in [5, 5.41) is 0.